The number of rotatable bonds is 3. The van der Waals surface area contributed by atoms with Gasteiger partial charge in [0.05, 0.1) is 0 Å². The minimum absolute atomic E-state index is 0.0250. The first-order chi connectivity index (χ1) is 9.20. The van der Waals surface area contributed by atoms with Gasteiger partial charge in [0.2, 0.25) is 10.0 Å². The summed E-state index contributed by atoms with van der Waals surface area (Å²) < 4.78 is 24.2. The van der Waals surface area contributed by atoms with Crippen molar-refractivity contribution >= 4 is 15.9 Å². The fraction of sp³-hybridized carbons (Fsp3) is 0.615. The van der Waals surface area contributed by atoms with E-state index in [1.54, 1.807) is 11.9 Å². The highest BCUT2D eigenvalue weighted by Crippen LogP contribution is 2.25. The van der Waals surface area contributed by atoms with Gasteiger partial charge in [-0.25, -0.2) is 13.6 Å². The summed E-state index contributed by atoms with van der Waals surface area (Å²) in [5.74, 6) is 0.920. The van der Waals surface area contributed by atoms with Crippen molar-refractivity contribution in [3.8, 4) is 0 Å². The van der Waals surface area contributed by atoms with Gasteiger partial charge in [0, 0.05) is 26.3 Å². The maximum atomic E-state index is 12.4. The topological polar surface area (TPSA) is 85.4 Å². The molecule has 0 aliphatic carbocycles. The Morgan fingerprint density at radius 2 is 2.10 bits per heavy atom. The van der Waals surface area contributed by atoms with Crippen molar-refractivity contribution in [1.29, 1.82) is 0 Å². The lowest BCUT2D eigenvalue weighted by Gasteiger charge is -2.18. The molecule has 7 heteroatoms. The third-order valence-electron chi connectivity index (χ3n) is 3.98. The molecule has 0 spiro atoms. The molecule has 2 rings (SSSR count). The van der Waals surface area contributed by atoms with Crippen molar-refractivity contribution in [2.24, 2.45) is 24.0 Å². The molecule has 2 N–H and O–H groups in total. The van der Waals surface area contributed by atoms with E-state index in [2.05, 4.69) is 13.8 Å². The second-order valence-corrected chi connectivity index (χ2v) is 7.32. The van der Waals surface area contributed by atoms with Crippen LogP contribution in [0.5, 0.6) is 0 Å². The van der Waals surface area contributed by atoms with Crippen LogP contribution in [0.15, 0.2) is 17.2 Å². The molecule has 6 nitrogen and oxygen atoms in total. The van der Waals surface area contributed by atoms with Gasteiger partial charge in [0.1, 0.15) is 10.6 Å². The van der Waals surface area contributed by atoms with Crippen LogP contribution in [0.2, 0.25) is 0 Å². The summed E-state index contributed by atoms with van der Waals surface area (Å²) in [5.41, 5.74) is 0.360. The molecule has 1 aliphatic heterocycles. The third-order valence-corrected chi connectivity index (χ3v) is 4.86. The van der Waals surface area contributed by atoms with E-state index in [9.17, 15) is 13.2 Å². The van der Waals surface area contributed by atoms with Gasteiger partial charge < -0.3 is 9.47 Å². The first kappa shape index (κ1) is 15.1. The lowest BCUT2D eigenvalue weighted by molar-refractivity contribution is 0.0774. The van der Waals surface area contributed by atoms with Crippen molar-refractivity contribution in [3.63, 3.8) is 0 Å². The van der Waals surface area contributed by atoms with Gasteiger partial charge in [0.25, 0.3) is 5.91 Å². The number of nitrogens with zero attached hydrogens (tertiary/aromatic N) is 2. The van der Waals surface area contributed by atoms with Gasteiger partial charge >= 0.3 is 0 Å². The summed E-state index contributed by atoms with van der Waals surface area (Å²) in [5, 5.41) is 5.09. The smallest absolute Gasteiger partial charge is 0.270 e. The molecule has 1 unspecified atom stereocenters. The van der Waals surface area contributed by atoms with Gasteiger partial charge in [-0.05, 0) is 24.3 Å². The summed E-state index contributed by atoms with van der Waals surface area (Å²) in [4.78, 5) is 14.2. The Morgan fingerprint density at radius 1 is 1.45 bits per heavy atom. The van der Waals surface area contributed by atoms with Crippen molar-refractivity contribution in [1.82, 2.24) is 9.47 Å². The van der Waals surface area contributed by atoms with Crippen molar-refractivity contribution in [2.45, 2.75) is 25.2 Å². The Balaban J connectivity index is 2.21. The van der Waals surface area contributed by atoms with Crippen LogP contribution in [-0.4, -0.2) is 36.9 Å². The lowest BCUT2D eigenvalue weighted by Crippen LogP contribution is -2.30. The number of sulfonamides is 1. The van der Waals surface area contributed by atoms with Crippen LogP contribution < -0.4 is 5.14 Å². The van der Waals surface area contributed by atoms with Gasteiger partial charge in [-0.15, -0.1) is 0 Å². The number of likely N-dealkylation sites (tertiary alicyclic amines) is 1. The fourth-order valence-corrected chi connectivity index (χ4v) is 3.16. The van der Waals surface area contributed by atoms with Crippen LogP contribution >= 0.6 is 0 Å². The van der Waals surface area contributed by atoms with Crippen molar-refractivity contribution in [3.05, 3.63) is 18.0 Å². The minimum Gasteiger partial charge on any atom is -0.345 e. The number of aryl methyl sites for hydroxylation is 1. The number of nitrogens with two attached hydrogens (primary N) is 1. The van der Waals surface area contributed by atoms with E-state index in [1.165, 1.54) is 16.8 Å². The van der Waals surface area contributed by atoms with E-state index in [0.717, 1.165) is 19.5 Å². The maximum Gasteiger partial charge on any atom is 0.270 e. The van der Waals surface area contributed by atoms with Crippen LogP contribution in [-0.2, 0) is 17.1 Å². The molecule has 2 heterocycles. The number of carbonyl (C=O) groups excluding carboxylic acids is 1. The second kappa shape index (κ2) is 5.21. The lowest BCUT2D eigenvalue weighted by atomic mass is 9.95. The number of hydrogen-bond donors (Lipinski definition) is 1. The molecule has 112 valence electrons. The van der Waals surface area contributed by atoms with Crippen molar-refractivity contribution < 1.29 is 13.2 Å². The zero-order valence-corrected chi connectivity index (χ0v) is 12.9. The van der Waals surface area contributed by atoms with E-state index in [4.69, 9.17) is 5.14 Å². The molecule has 1 atom stereocenters. The summed E-state index contributed by atoms with van der Waals surface area (Å²) in [6.45, 7) is 5.75. The average molecular weight is 299 g/mol. The molecular formula is C13H21N3O3S. The van der Waals surface area contributed by atoms with E-state index >= 15 is 0 Å². The number of amides is 1. The molecule has 1 amide bonds. The molecule has 20 heavy (non-hydrogen) atoms. The summed E-state index contributed by atoms with van der Waals surface area (Å²) in [6, 6.07) is 1.35. The fourth-order valence-electron chi connectivity index (χ4n) is 2.58. The monoisotopic (exact) mass is 299 g/mol. The normalized spacial score (nSPS) is 19.9. The first-order valence-corrected chi connectivity index (χ1v) is 8.23. The molecule has 0 saturated carbocycles. The Hall–Kier alpha value is -1.34. The zero-order valence-electron chi connectivity index (χ0n) is 12.0. The highest BCUT2D eigenvalue weighted by Gasteiger charge is 2.30. The highest BCUT2D eigenvalue weighted by molar-refractivity contribution is 7.89. The SMILES string of the molecule is CC(C)C1CCN(C(=O)c2cc(S(N)(=O)=O)cn2C)C1. The largest absolute Gasteiger partial charge is 0.345 e. The summed E-state index contributed by atoms with van der Waals surface area (Å²) in [7, 11) is -2.13. The Morgan fingerprint density at radius 3 is 2.55 bits per heavy atom. The predicted octanol–water partition coefficient (Wildman–Crippen LogP) is 0.791. The number of aromatic nitrogens is 1. The predicted molar refractivity (Wildman–Crippen MR) is 75.6 cm³/mol. The number of primary sulfonamides is 1. The molecule has 1 saturated heterocycles. The first-order valence-electron chi connectivity index (χ1n) is 6.68. The summed E-state index contributed by atoms with van der Waals surface area (Å²) >= 11 is 0. The van der Waals surface area contributed by atoms with Crippen LogP contribution in [0, 0.1) is 11.8 Å². The Bertz CT molecular complexity index is 619. The molecule has 1 aromatic heterocycles. The molecule has 0 bridgehead atoms. The van der Waals surface area contributed by atoms with Crippen LogP contribution in [0.4, 0.5) is 0 Å². The molecule has 1 aliphatic rings. The molecule has 1 aromatic rings. The third kappa shape index (κ3) is 2.88. The second-order valence-electron chi connectivity index (χ2n) is 5.76. The van der Waals surface area contributed by atoms with E-state index < -0.39 is 10.0 Å². The molecule has 1 fully saturated rings. The molecule has 0 radical (unpaired) electrons. The van der Waals surface area contributed by atoms with Gasteiger partial charge in [-0.2, -0.15) is 0 Å². The van der Waals surface area contributed by atoms with Gasteiger partial charge in [-0.3, -0.25) is 4.79 Å². The van der Waals surface area contributed by atoms with Crippen molar-refractivity contribution in [2.75, 3.05) is 13.1 Å². The Labute approximate surface area is 119 Å². The Kier molecular flexibility index (Phi) is 3.93. The van der Waals surface area contributed by atoms with Gasteiger partial charge in [-0.1, -0.05) is 13.8 Å². The number of carbonyl (C=O) groups is 1. The maximum absolute atomic E-state index is 12.4. The molecule has 0 aromatic carbocycles. The highest BCUT2D eigenvalue weighted by atomic mass is 32.2. The zero-order chi connectivity index (χ0) is 15.1. The van der Waals surface area contributed by atoms with Gasteiger partial charge in [0.15, 0.2) is 0 Å². The van der Waals surface area contributed by atoms with E-state index in [1.807, 2.05) is 0 Å². The average Bonchev–Trinajstić information content (AvgIpc) is 2.93. The van der Waals surface area contributed by atoms with Crippen LogP contribution in [0.1, 0.15) is 30.8 Å². The quantitative estimate of drug-likeness (QED) is 0.895. The van der Waals surface area contributed by atoms with E-state index in [0.29, 0.717) is 17.5 Å². The minimum atomic E-state index is -3.78. The number of hydrogen-bond acceptors (Lipinski definition) is 3. The summed E-state index contributed by atoms with van der Waals surface area (Å²) in [6.07, 6.45) is 2.37. The molecular weight excluding hydrogens is 278 g/mol. The van der Waals surface area contributed by atoms with E-state index in [-0.39, 0.29) is 10.8 Å². The van der Waals surface area contributed by atoms with Crippen LogP contribution in [0.25, 0.3) is 0 Å². The standard InChI is InChI=1S/C13H21N3O3S/c1-9(2)10-4-5-16(7-10)13(17)12-6-11(8-15(12)3)20(14,18)19/h6,8-10H,4-5,7H2,1-3H3,(H2,14,18,19). The van der Waals surface area contributed by atoms with Crippen LogP contribution in [0.3, 0.4) is 0 Å².